The average Bonchev–Trinajstić information content (AvgIpc) is 3.27. The molecule has 0 unspecified atom stereocenters. The number of hydrazine groups is 1. The molecule has 3 heterocycles. The van der Waals surface area contributed by atoms with Gasteiger partial charge in [0.2, 0.25) is 0 Å². The Morgan fingerprint density at radius 3 is 2.26 bits per heavy atom. The fourth-order valence-electron chi connectivity index (χ4n) is 4.68. The molecule has 142 valence electrons. The quantitative estimate of drug-likeness (QED) is 0.765. The van der Waals surface area contributed by atoms with Crippen LogP contribution in [0.5, 0.6) is 0 Å². The van der Waals surface area contributed by atoms with Crippen LogP contribution < -0.4 is 0 Å². The van der Waals surface area contributed by atoms with Gasteiger partial charge in [-0.05, 0) is 18.1 Å². The van der Waals surface area contributed by atoms with E-state index in [9.17, 15) is 9.59 Å². The number of hydrogen-bond acceptors (Lipinski definition) is 6. The molecule has 0 saturated carbocycles. The van der Waals surface area contributed by atoms with Gasteiger partial charge in [0, 0.05) is 17.5 Å². The first-order valence-corrected chi connectivity index (χ1v) is 9.09. The van der Waals surface area contributed by atoms with Gasteiger partial charge in [0.1, 0.15) is 0 Å². The van der Waals surface area contributed by atoms with E-state index in [-0.39, 0.29) is 17.5 Å². The number of benzene rings is 1. The van der Waals surface area contributed by atoms with E-state index in [4.69, 9.17) is 9.47 Å². The molecular weight excluding hydrogens is 344 g/mol. The van der Waals surface area contributed by atoms with Crippen LogP contribution in [0, 0.1) is 5.41 Å². The summed E-state index contributed by atoms with van der Waals surface area (Å²) in [6.45, 7) is 6.33. The molecule has 6 heteroatoms. The number of carbonyl (C=O) groups is 2. The van der Waals surface area contributed by atoms with Gasteiger partial charge in [0.25, 0.3) is 0 Å². The summed E-state index contributed by atoms with van der Waals surface area (Å²) in [7, 11) is 2.69. The molecule has 0 bridgehead atoms. The number of rotatable bonds is 3. The van der Waals surface area contributed by atoms with Gasteiger partial charge < -0.3 is 9.47 Å². The lowest BCUT2D eigenvalue weighted by atomic mass is 9.77. The van der Waals surface area contributed by atoms with Gasteiger partial charge in [-0.15, -0.1) is 0 Å². The van der Waals surface area contributed by atoms with Gasteiger partial charge in [0.05, 0.1) is 31.9 Å². The second kappa shape index (κ2) is 5.87. The molecule has 0 aromatic heterocycles. The highest BCUT2D eigenvalue weighted by Crippen LogP contribution is 2.60. The third-order valence-electron chi connectivity index (χ3n) is 6.24. The highest BCUT2D eigenvalue weighted by Gasteiger charge is 2.62. The molecule has 2 atom stereocenters. The summed E-state index contributed by atoms with van der Waals surface area (Å²) in [6.07, 6.45) is 0.782. The van der Waals surface area contributed by atoms with Crippen molar-refractivity contribution in [3.63, 3.8) is 0 Å². The molecule has 6 nitrogen and oxygen atoms in total. The minimum Gasteiger partial charge on any atom is -0.466 e. The fraction of sp³-hybridized carbons (Fsp3) is 0.429. The highest BCUT2D eigenvalue weighted by atomic mass is 16.5. The maximum absolute atomic E-state index is 12.8. The summed E-state index contributed by atoms with van der Waals surface area (Å²) in [5.41, 5.74) is 3.87. The molecule has 0 aliphatic carbocycles. The van der Waals surface area contributed by atoms with Crippen molar-refractivity contribution in [2.24, 2.45) is 5.41 Å². The maximum Gasteiger partial charge on any atom is 0.356 e. The highest BCUT2D eigenvalue weighted by molar-refractivity contribution is 6.02. The number of esters is 2. The molecule has 4 rings (SSSR count). The van der Waals surface area contributed by atoms with E-state index >= 15 is 0 Å². The Morgan fingerprint density at radius 2 is 1.67 bits per heavy atom. The van der Waals surface area contributed by atoms with Crippen LogP contribution in [-0.2, 0) is 19.1 Å². The first-order valence-electron chi connectivity index (χ1n) is 9.09. The molecule has 1 aromatic rings. The number of hydrogen-bond donors (Lipinski definition) is 0. The molecule has 3 aliphatic heterocycles. The van der Waals surface area contributed by atoms with Crippen LogP contribution in [0.4, 0.5) is 0 Å². The van der Waals surface area contributed by atoms with Crippen LogP contribution in [0.1, 0.15) is 38.8 Å². The van der Waals surface area contributed by atoms with Crippen LogP contribution >= 0.6 is 0 Å². The van der Waals surface area contributed by atoms with E-state index in [2.05, 4.69) is 25.8 Å². The topological polar surface area (TPSA) is 59.1 Å². The second-order valence-corrected chi connectivity index (χ2v) is 7.76. The minimum absolute atomic E-state index is 0.0639. The molecular formula is C21H24N2O4. The predicted molar refractivity (Wildman–Crippen MR) is 98.8 cm³/mol. The van der Waals surface area contributed by atoms with Crippen LogP contribution in [0.2, 0.25) is 0 Å². The lowest BCUT2D eigenvalue weighted by molar-refractivity contribution is -0.141. The van der Waals surface area contributed by atoms with Crippen molar-refractivity contribution in [1.29, 1.82) is 0 Å². The van der Waals surface area contributed by atoms with E-state index < -0.39 is 11.9 Å². The minimum atomic E-state index is -0.513. The normalized spacial score (nSPS) is 25.2. The van der Waals surface area contributed by atoms with E-state index in [1.165, 1.54) is 25.5 Å². The number of ether oxygens (including phenoxy) is 2. The van der Waals surface area contributed by atoms with Gasteiger partial charge >= 0.3 is 11.9 Å². The van der Waals surface area contributed by atoms with Crippen LogP contribution in [0.3, 0.4) is 0 Å². The van der Waals surface area contributed by atoms with Crippen LogP contribution in [0.25, 0.3) is 0 Å². The first-order chi connectivity index (χ1) is 12.8. The molecule has 0 spiro atoms. The fourth-order valence-corrected chi connectivity index (χ4v) is 4.68. The van der Waals surface area contributed by atoms with Crippen molar-refractivity contribution >= 4 is 11.9 Å². The van der Waals surface area contributed by atoms with E-state index in [1.54, 1.807) is 0 Å². The van der Waals surface area contributed by atoms with Crippen LogP contribution in [0.15, 0.2) is 52.9 Å². The zero-order valence-electron chi connectivity index (χ0n) is 16.3. The van der Waals surface area contributed by atoms with Crippen molar-refractivity contribution < 1.29 is 19.1 Å². The summed E-state index contributed by atoms with van der Waals surface area (Å²) in [5.74, 6) is -0.996. The molecule has 1 aromatic carbocycles. The molecule has 0 N–H and O–H groups in total. The molecule has 3 aliphatic rings. The van der Waals surface area contributed by atoms with Crippen molar-refractivity contribution in [3.8, 4) is 0 Å². The summed E-state index contributed by atoms with van der Waals surface area (Å²) in [5, 5.41) is 4.07. The second-order valence-electron chi connectivity index (χ2n) is 7.76. The Hall–Kier alpha value is -2.76. The lowest BCUT2D eigenvalue weighted by Crippen LogP contribution is -2.42. The number of methoxy groups -OCH3 is 2. The summed E-state index contributed by atoms with van der Waals surface area (Å²) in [4.78, 5) is 25.5. The van der Waals surface area contributed by atoms with Crippen molar-refractivity contribution in [1.82, 2.24) is 10.0 Å². The first kappa shape index (κ1) is 17.6. The Labute approximate surface area is 159 Å². The Kier molecular flexibility index (Phi) is 3.84. The lowest BCUT2D eigenvalue weighted by Gasteiger charge is -2.35. The zero-order chi connectivity index (χ0) is 19.5. The molecule has 1 saturated heterocycles. The largest absolute Gasteiger partial charge is 0.466 e. The molecule has 0 amide bonds. The molecule has 1 fully saturated rings. The zero-order valence-corrected chi connectivity index (χ0v) is 16.3. The van der Waals surface area contributed by atoms with Gasteiger partial charge in [0.15, 0.2) is 5.70 Å². The maximum atomic E-state index is 12.8. The summed E-state index contributed by atoms with van der Waals surface area (Å²) >= 11 is 0. The summed E-state index contributed by atoms with van der Waals surface area (Å²) < 4.78 is 10.1. The molecule has 27 heavy (non-hydrogen) atoms. The molecule has 0 radical (unpaired) electrons. The van der Waals surface area contributed by atoms with Gasteiger partial charge in [-0.3, -0.25) is 10.0 Å². The Bertz CT molecular complexity index is 885. The summed E-state index contributed by atoms with van der Waals surface area (Å²) in [6, 6.07) is 9.70. The third-order valence-corrected chi connectivity index (χ3v) is 6.24. The van der Waals surface area contributed by atoms with E-state index in [0.717, 1.165) is 12.0 Å². The third kappa shape index (κ3) is 2.19. The van der Waals surface area contributed by atoms with Crippen molar-refractivity contribution in [2.45, 2.75) is 39.3 Å². The van der Waals surface area contributed by atoms with E-state index in [1.807, 2.05) is 35.3 Å². The number of carbonyl (C=O) groups excluding carboxylic acids is 2. The SMILES string of the molecule is COC(=O)C1=C(C(=O)OC)N2[C@H](c3ccccc3)CC3=C(C)C(C)(C)[C@@H]1N32. The van der Waals surface area contributed by atoms with Crippen LogP contribution in [-0.4, -0.2) is 42.2 Å². The van der Waals surface area contributed by atoms with Gasteiger partial charge in [-0.2, -0.15) is 0 Å². The Morgan fingerprint density at radius 1 is 1.04 bits per heavy atom. The average molecular weight is 368 g/mol. The van der Waals surface area contributed by atoms with Gasteiger partial charge in [-0.25, -0.2) is 9.59 Å². The van der Waals surface area contributed by atoms with E-state index in [0.29, 0.717) is 11.3 Å². The van der Waals surface area contributed by atoms with Gasteiger partial charge in [-0.1, -0.05) is 44.2 Å². The van der Waals surface area contributed by atoms with Crippen molar-refractivity contribution in [2.75, 3.05) is 14.2 Å². The Balaban J connectivity index is 1.96. The van der Waals surface area contributed by atoms with Crippen molar-refractivity contribution in [3.05, 3.63) is 58.4 Å². The predicted octanol–water partition coefficient (Wildman–Crippen LogP) is 2.95. The monoisotopic (exact) mass is 368 g/mol. The smallest absolute Gasteiger partial charge is 0.356 e. The standard InChI is InChI=1S/C21H24N2O4/c1-12-14-11-15(13-9-7-6-8-10-13)22-17(20(25)27-5)16(19(24)26-4)18(23(14)22)21(12,2)3/h6-10,15,18H,11H2,1-5H3/t15-,18+/m0/s1. The number of nitrogens with zero attached hydrogens (tertiary/aromatic N) is 2.